The van der Waals surface area contributed by atoms with Gasteiger partial charge in [0.15, 0.2) is 0 Å². The minimum absolute atomic E-state index is 0.0472. The Morgan fingerprint density at radius 3 is 2.14 bits per heavy atom. The van der Waals surface area contributed by atoms with Crippen LogP contribution in [0.5, 0.6) is 5.75 Å². The van der Waals surface area contributed by atoms with Gasteiger partial charge in [0.1, 0.15) is 18.3 Å². The van der Waals surface area contributed by atoms with Crippen molar-refractivity contribution in [2.75, 3.05) is 30.4 Å². The molecule has 3 amide bonds. The molecule has 4 aromatic rings. The van der Waals surface area contributed by atoms with Crippen molar-refractivity contribution in [2.24, 2.45) is 0 Å². The molecule has 0 bridgehead atoms. The molecule has 44 heavy (non-hydrogen) atoms. The smallest absolute Gasteiger partial charge is 0.322 e. The quantitative estimate of drug-likeness (QED) is 0.201. The Morgan fingerprint density at radius 1 is 0.864 bits per heavy atom. The van der Waals surface area contributed by atoms with Crippen molar-refractivity contribution < 1.29 is 14.3 Å². The summed E-state index contributed by atoms with van der Waals surface area (Å²) in [4.78, 5) is 32.1. The van der Waals surface area contributed by atoms with Crippen LogP contribution in [0.1, 0.15) is 87.7 Å². The number of ether oxygens (including phenoxy) is 1. The Bertz CT molecular complexity index is 1580. The lowest BCUT2D eigenvalue weighted by Gasteiger charge is -2.39. The van der Waals surface area contributed by atoms with Crippen LogP contribution in [0.15, 0.2) is 85.1 Å². The molecule has 7 heteroatoms. The fourth-order valence-electron chi connectivity index (χ4n) is 6.09. The van der Waals surface area contributed by atoms with E-state index < -0.39 is 0 Å². The van der Waals surface area contributed by atoms with E-state index in [0.717, 1.165) is 58.0 Å². The van der Waals surface area contributed by atoms with Gasteiger partial charge in [-0.2, -0.15) is 0 Å². The molecule has 1 aliphatic heterocycles. The molecule has 0 fully saturated rings. The number of carbonyl (C=O) groups is 2. The van der Waals surface area contributed by atoms with Gasteiger partial charge in [0.25, 0.3) is 0 Å². The van der Waals surface area contributed by atoms with E-state index in [-0.39, 0.29) is 36.4 Å². The van der Waals surface area contributed by atoms with Crippen molar-refractivity contribution >= 4 is 23.3 Å². The summed E-state index contributed by atoms with van der Waals surface area (Å²) in [6.07, 6.45) is 3.74. The molecule has 0 saturated carbocycles. The van der Waals surface area contributed by atoms with E-state index in [9.17, 15) is 9.59 Å². The first-order valence-electron chi connectivity index (χ1n) is 15.7. The number of fused-ring (bicyclic) bond motifs is 3. The number of amides is 3. The molecule has 0 saturated heterocycles. The number of carbonyl (C=O) groups excluding carboxylic acids is 2. The van der Waals surface area contributed by atoms with Crippen LogP contribution in [0.4, 0.5) is 16.2 Å². The average molecular weight is 593 g/mol. The fourth-order valence-corrected chi connectivity index (χ4v) is 6.09. The van der Waals surface area contributed by atoms with E-state index in [1.165, 1.54) is 0 Å². The second-order valence-corrected chi connectivity index (χ2v) is 12.1. The lowest BCUT2D eigenvalue weighted by molar-refractivity contribution is -0.119. The number of nitrogens with zero attached hydrogens (tertiary/aromatic N) is 3. The number of urea groups is 1. The molecule has 5 rings (SSSR count). The molecular weight excluding hydrogens is 548 g/mol. The summed E-state index contributed by atoms with van der Waals surface area (Å²) in [6, 6.07) is 25.5. The maximum Gasteiger partial charge on any atom is 0.322 e. The number of rotatable bonds is 10. The molecular formula is C37H44N4O3. The van der Waals surface area contributed by atoms with Gasteiger partial charge in [0.05, 0.1) is 24.2 Å². The van der Waals surface area contributed by atoms with Gasteiger partial charge in [-0.05, 0) is 71.3 Å². The van der Waals surface area contributed by atoms with Crippen LogP contribution in [0.25, 0.3) is 5.69 Å². The number of aromatic nitrogens is 1. The summed E-state index contributed by atoms with van der Waals surface area (Å²) in [5.41, 5.74) is 6.74. The minimum Gasteiger partial charge on any atom is -0.497 e. The Kier molecular flexibility index (Phi) is 9.43. The average Bonchev–Trinajstić information content (AvgIpc) is 3.52. The van der Waals surface area contributed by atoms with Gasteiger partial charge in [-0.15, -0.1) is 0 Å². The lowest BCUT2D eigenvalue weighted by Crippen LogP contribution is -2.48. The number of hydrogen-bond acceptors (Lipinski definition) is 3. The van der Waals surface area contributed by atoms with E-state index in [4.69, 9.17) is 4.74 Å². The maximum atomic E-state index is 14.6. The Hall–Kier alpha value is -4.52. The normalized spacial score (nSPS) is 13.9. The third-order valence-corrected chi connectivity index (χ3v) is 8.42. The topological polar surface area (TPSA) is 66.8 Å². The van der Waals surface area contributed by atoms with Crippen LogP contribution in [-0.2, 0) is 4.79 Å². The van der Waals surface area contributed by atoms with Crippen LogP contribution in [0.3, 0.4) is 0 Å². The van der Waals surface area contributed by atoms with Gasteiger partial charge in [0.2, 0.25) is 5.91 Å². The number of hydrogen-bond donors (Lipinski definition) is 1. The van der Waals surface area contributed by atoms with Crippen molar-refractivity contribution in [1.82, 2.24) is 9.47 Å². The van der Waals surface area contributed by atoms with E-state index >= 15 is 0 Å². The number of unbranched alkanes of at least 4 members (excludes halogenated alkanes) is 1. The number of para-hydroxylation sites is 3. The molecule has 7 nitrogen and oxygen atoms in total. The first kappa shape index (κ1) is 30.9. The van der Waals surface area contributed by atoms with Gasteiger partial charge >= 0.3 is 6.03 Å². The van der Waals surface area contributed by atoms with Crippen LogP contribution < -0.4 is 15.0 Å². The summed E-state index contributed by atoms with van der Waals surface area (Å²) >= 11 is 0. The zero-order chi connectivity index (χ0) is 31.4. The second kappa shape index (κ2) is 13.4. The highest BCUT2D eigenvalue weighted by Crippen LogP contribution is 2.42. The summed E-state index contributed by atoms with van der Waals surface area (Å²) in [5, 5.41) is 3.24. The number of methoxy groups -OCH3 is 1. The Morgan fingerprint density at radius 2 is 1.52 bits per heavy atom. The van der Waals surface area contributed by atoms with Crippen molar-refractivity contribution in [3.63, 3.8) is 0 Å². The number of benzene rings is 3. The highest BCUT2D eigenvalue weighted by Gasteiger charge is 2.37. The number of nitrogens with one attached hydrogen (secondary N) is 1. The summed E-state index contributed by atoms with van der Waals surface area (Å²) < 4.78 is 7.56. The molecule has 0 spiro atoms. The molecule has 1 N–H and O–H groups in total. The van der Waals surface area contributed by atoms with Crippen LogP contribution in [0, 0.1) is 0 Å². The monoisotopic (exact) mass is 592 g/mol. The van der Waals surface area contributed by atoms with E-state index in [1.807, 2.05) is 65.7 Å². The van der Waals surface area contributed by atoms with E-state index in [2.05, 4.69) is 68.8 Å². The molecule has 230 valence electrons. The highest BCUT2D eigenvalue weighted by atomic mass is 16.5. The minimum atomic E-state index is -0.372. The van der Waals surface area contributed by atoms with Gasteiger partial charge in [-0.25, -0.2) is 4.79 Å². The van der Waals surface area contributed by atoms with Crippen molar-refractivity contribution in [3.05, 3.63) is 107 Å². The van der Waals surface area contributed by atoms with Crippen LogP contribution in [0.2, 0.25) is 0 Å². The van der Waals surface area contributed by atoms with Crippen molar-refractivity contribution in [2.45, 2.75) is 65.3 Å². The molecule has 0 radical (unpaired) electrons. The van der Waals surface area contributed by atoms with E-state index in [0.29, 0.717) is 6.54 Å². The third-order valence-electron chi connectivity index (χ3n) is 8.42. The fraction of sp³-hybridized carbons (Fsp3) is 0.351. The largest absolute Gasteiger partial charge is 0.497 e. The SMILES string of the molecule is CCCCN(CC(=O)N1c2ccccc2-n2cccc2C1c1ccc(OC)cc1)C(=O)Nc1c(C(C)C)cccc1C(C)C. The zero-order valence-corrected chi connectivity index (χ0v) is 26.7. The predicted octanol–water partition coefficient (Wildman–Crippen LogP) is 8.50. The first-order chi connectivity index (χ1) is 21.2. The second-order valence-electron chi connectivity index (χ2n) is 12.1. The predicted molar refractivity (Wildman–Crippen MR) is 178 cm³/mol. The van der Waals surface area contributed by atoms with Crippen molar-refractivity contribution in [1.29, 1.82) is 0 Å². The molecule has 1 atom stereocenters. The summed E-state index contributed by atoms with van der Waals surface area (Å²) in [5.74, 6) is 1.09. The zero-order valence-electron chi connectivity index (χ0n) is 26.7. The molecule has 0 aliphatic carbocycles. The summed E-state index contributed by atoms with van der Waals surface area (Å²) in [7, 11) is 1.65. The molecule has 1 aromatic heterocycles. The highest BCUT2D eigenvalue weighted by molar-refractivity contribution is 6.01. The van der Waals surface area contributed by atoms with Gasteiger partial charge in [0, 0.05) is 18.4 Å². The third kappa shape index (κ3) is 6.09. The van der Waals surface area contributed by atoms with Crippen molar-refractivity contribution in [3.8, 4) is 11.4 Å². The van der Waals surface area contributed by atoms with Crippen LogP contribution >= 0.6 is 0 Å². The van der Waals surface area contributed by atoms with Crippen LogP contribution in [-0.4, -0.2) is 41.6 Å². The standard InChI is InChI=1S/C37H44N4O3/c1-7-8-22-39(37(43)38-35-29(25(2)3)13-11-14-30(35)26(4)5)24-34(42)41-32-16-10-9-15-31(32)40-23-12-17-33(40)36(41)27-18-20-28(44-6)21-19-27/h9-21,23,25-26,36H,7-8,22,24H2,1-6H3,(H,38,43). The molecule has 2 heterocycles. The Balaban J connectivity index is 1.52. The van der Waals surface area contributed by atoms with E-state index in [1.54, 1.807) is 12.0 Å². The van der Waals surface area contributed by atoms with Gasteiger partial charge < -0.3 is 19.5 Å². The maximum absolute atomic E-state index is 14.6. The number of anilines is 2. The first-order valence-corrected chi connectivity index (χ1v) is 15.7. The molecule has 3 aromatic carbocycles. The lowest BCUT2D eigenvalue weighted by atomic mass is 9.93. The van der Waals surface area contributed by atoms with Gasteiger partial charge in [-0.1, -0.05) is 83.5 Å². The Labute approximate surface area is 261 Å². The van der Waals surface area contributed by atoms with Gasteiger partial charge in [-0.3, -0.25) is 9.69 Å². The molecule has 1 unspecified atom stereocenters. The molecule has 1 aliphatic rings. The summed E-state index contributed by atoms with van der Waals surface area (Å²) in [6.45, 7) is 11.1.